The van der Waals surface area contributed by atoms with E-state index < -0.39 is 0 Å². The smallest absolute Gasteiger partial charge is 0.241 e. The largest absolute Gasteiger partial charge is 0.354 e. The second-order valence-corrected chi connectivity index (χ2v) is 6.15. The van der Waals surface area contributed by atoms with E-state index in [1.165, 1.54) is 0 Å². The molecule has 1 fully saturated rings. The monoisotopic (exact) mass is 328 g/mol. The van der Waals surface area contributed by atoms with Crippen LogP contribution in [-0.2, 0) is 11.3 Å². The van der Waals surface area contributed by atoms with Crippen molar-refractivity contribution in [2.45, 2.75) is 19.5 Å². The van der Waals surface area contributed by atoms with Crippen LogP contribution in [0.1, 0.15) is 6.92 Å². The maximum absolute atomic E-state index is 12.0. The number of rotatable bonds is 6. The molecule has 128 valence electrons. The number of carbonyl (C=O) groups is 1. The Labute approximate surface area is 142 Å². The van der Waals surface area contributed by atoms with Crippen molar-refractivity contribution in [2.75, 3.05) is 37.6 Å². The molecule has 1 N–H and O–H groups in total. The van der Waals surface area contributed by atoms with Gasteiger partial charge in [0.25, 0.3) is 0 Å². The molecule has 2 aromatic heterocycles. The zero-order valence-electron chi connectivity index (χ0n) is 14.0. The van der Waals surface area contributed by atoms with Gasteiger partial charge in [-0.1, -0.05) is 6.07 Å². The molecule has 0 spiro atoms. The molecular weight excluding hydrogens is 304 g/mol. The van der Waals surface area contributed by atoms with Gasteiger partial charge in [-0.25, -0.2) is 4.98 Å². The molecule has 7 heteroatoms. The number of aromatic nitrogens is 3. The second-order valence-electron chi connectivity index (χ2n) is 6.15. The molecule has 1 amide bonds. The molecule has 0 unspecified atom stereocenters. The van der Waals surface area contributed by atoms with Crippen molar-refractivity contribution in [3.63, 3.8) is 0 Å². The molecule has 0 saturated carbocycles. The van der Waals surface area contributed by atoms with E-state index in [9.17, 15) is 4.79 Å². The first-order valence-electron chi connectivity index (χ1n) is 8.36. The van der Waals surface area contributed by atoms with Gasteiger partial charge in [-0.15, -0.1) is 0 Å². The highest BCUT2D eigenvalue weighted by molar-refractivity contribution is 5.75. The summed E-state index contributed by atoms with van der Waals surface area (Å²) in [6.07, 6.45) is 5.30. The van der Waals surface area contributed by atoms with Crippen molar-refractivity contribution in [1.82, 2.24) is 25.0 Å². The number of nitrogens with zero attached hydrogens (tertiary/aromatic N) is 5. The molecule has 1 aliphatic heterocycles. The molecule has 0 radical (unpaired) electrons. The third-order valence-electron chi connectivity index (χ3n) is 4.15. The number of anilines is 1. The van der Waals surface area contributed by atoms with E-state index in [1.807, 2.05) is 37.4 Å². The Bertz CT molecular complexity index is 622. The number of pyridine rings is 1. The van der Waals surface area contributed by atoms with Gasteiger partial charge >= 0.3 is 0 Å². The Morgan fingerprint density at radius 2 is 2.04 bits per heavy atom. The molecule has 0 aromatic carbocycles. The minimum atomic E-state index is -0.00155. The Kier molecular flexibility index (Phi) is 5.43. The van der Waals surface area contributed by atoms with Crippen LogP contribution in [0.2, 0.25) is 0 Å². The van der Waals surface area contributed by atoms with Crippen LogP contribution in [0, 0.1) is 0 Å². The lowest BCUT2D eigenvalue weighted by Gasteiger charge is -2.36. The van der Waals surface area contributed by atoms with Gasteiger partial charge in [0.1, 0.15) is 12.4 Å². The molecule has 3 rings (SSSR count). The van der Waals surface area contributed by atoms with Gasteiger partial charge < -0.3 is 10.2 Å². The van der Waals surface area contributed by atoms with E-state index in [1.54, 1.807) is 17.1 Å². The van der Waals surface area contributed by atoms with E-state index in [0.29, 0.717) is 0 Å². The molecule has 7 nitrogen and oxygen atoms in total. The Hall–Kier alpha value is -2.41. The van der Waals surface area contributed by atoms with Crippen LogP contribution in [0.3, 0.4) is 0 Å². The first-order valence-corrected chi connectivity index (χ1v) is 8.36. The quantitative estimate of drug-likeness (QED) is 0.841. The summed E-state index contributed by atoms with van der Waals surface area (Å²) in [5.41, 5.74) is 0. The van der Waals surface area contributed by atoms with Crippen molar-refractivity contribution in [3.05, 3.63) is 42.9 Å². The number of piperazine rings is 1. The number of carbonyl (C=O) groups excluding carboxylic acids is 1. The lowest BCUT2D eigenvalue weighted by atomic mass is 10.2. The lowest BCUT2D eigenvalue weighted by molar-refractivity contribution is -0.122. The first-order chi connectivity index (χ1) is 11.7. The summed E-state index contributed by atoms with van der Waals surface area (Å²) in [5.74, 6) is 1.04. The number of amides is 1. The fourth-order valence-corrected chi connectivity index (χ4v) is 2.99. The van der Waals surface area contributed by atoms with Crippen molar-refractivity contribution in [2.24, 2.45) is 0 Å². The van der Waals surface area contributed by atoms with E-state index in [-0.39, 0.29) is 18.5 Å². The van der Waals surface area contributed by atoms with Gasteiger partial charge in [0.05, 0.1) is 0 Å². The fraction of sp³-hybridized carbons (Fsp3) is 0.471. The van der Waals surface area contributed by atoms with Crippen LogP contribution in [0.5, 0.6) is 0 Å². The second kappa shape index (κ2) is 7.92. The molecule has 2 aromatic rings. The van der Waals surface area contributed by atoms with Crippen LogP contribution in [0.25, 0.3) is 0 Å². The van der Waals surface area contributed by atoms with Crippen molar-refractivity contribution in [1.29, 1.82) is 0 Å². The number of nitrogens with one attached hydrogen (secondary N) is 1. The standard InChI is InChI=1S/C17H24N6O/c1-15(20-17(24)14-23-8-4-7-19-23)13-21-9-11-22(12-10-21)16-5-2-3-6-18-16/h2-8,15H,9-14H2,1H3,(H,20,24)/t15-/m1/s1. The molecular formula is C17H24N6O. The summed E-state index contributed by atoms with van der Waals surface area (Å²) < 4.78 is 1.63. The van der Waals surface area contributed by atoms with Crippen LogP contribution in [-0.4, -0.2) is 64.3 Å². The third-order valence-corrected chi connectivity index (χ3v) is 4.15. The molecule has 3 heterocycles. The summed E-state index contributed by atoms with van der Waals surface area (Å²) in [7, 11) is 0. The van der Waals surface area contributed by atoms with Crippen LogP contribution in [0.4, 0.5) is 5.82 Å². The SMILES string of the molecule is C[C@H](CN1CCN(c2ccccn2)CC1)NC(=O)Cn1cccn1. The summed E-state index contributed by atoms with van der Waals surface area (Å²) in [6, 6.07) is 7.94. The lowest BCUT2D eigenvalue weighted by Crippen LogP contribution is -2.51. The van der Waals surface area contributed by atoms with E-state index in [4.69, 9.17) is 0 Å². The van der Waals surface area contributed by atoms with Crippen molar-refractivity contribution >= 4 is 11.7 Å². The molecule has 1 saturated heterocycles. The third kappa shape index (κ3) is 4.55. The van der Waals surface area contributed by atoms with Gasteiger partial charge in [-0.05, 0) is 25.1 Å². The highest BCUT2D eigenvalue weighted by Crippen LogP contribution is 2.12. The van der Waals surface area contributed by atoms with Gasteiger partial charge in [0.15, 0.2) is 0 Å². The zero-order valence-corrected chi connectivity index (χ0v) is 14.0. The fourth-order valence-electron chi connectivity index (χ4n) is 2.99. The maximum Gasteiger partial charge on any atom is 0.241 e. The van der Waals surface area contributed by atoms with Gasteiger partial charge in [-0.3, -0.25) is 14.4 Å². The predicted octanol–water partition coefficient (Wildman–Crippen LogP) is 0.605. The van der Waals surface area contributed by atoms with E-state index in [0.717, 1.165) is 38.5 Å². The Balaban J connectivity index is 1.40. The summed E-state index contributed by atoms with van der Waals surface area (Å²) in [6.45, 7) is 7.07. The molecule has 1 atom stereocenters. The van der Waals surface area contributed by atoms with E-state index >= 15 is 0 Å². The van der Waals surface area contributed by atoms with Gasteiger partial charge in [0, 0.05) is 57.4 Å². The normalized spacial score (nSPS) is 16.8. The Morgan fingerprint density at radius 1 is 1.21 bits per heavy atom. The molecule has 0 aliphatic carbocycles. The van der Waals surface area contributed by atoms with E-state index in [2.05, 4.69) is 25.2 Å². The summed E-state index contributed by atoms with van der Waals surface area (Å²) in [4.78, 5) is 21.1. The van der Waals surface area contributed by atoms with Crippen LogP contribution >= 0.6 is 0 Å². The topological polar surface area (TPSA) is 66.3 Å². The maximum atomic E-state index is 12.0. The minimum Gasteiger partial charge on any atom is -0.354 e. The minimum absolute atomic E-state index is 0.00155. The zero-order chi connectivity index (χ0) is 16.8. The predicted molar refractivity (Wildman–Crippen MR) is 92.7 cm³/mol. The first kappa shape index (κ1) is 16.4. The average molecular weight is 328 g/mol. The van der Waals surface area contributed by atoms with Crippen LogP contribution in [0.15, 0.2) is 42.9 Å². The number of hydrogen-bond donors (Lipinski definition) is 1. The highest BCUT2D eigenvalue weighted by Gasteiger charge is 2.20. The van der Waals surface area contributed by atoms with Crippen molar-refractivity contribution < 1.29 is 4.79 Å². The van der Waals surface area contributed by atoms with Gasteiger partial charge in [-0.2, -0.15) is 5.10 Å². The summed E-state index contributed by atoms with van der Waals surface area (Å²) >= 11 is 0. The summed E-state index contributed by atoms with van der Waals surface area (Å²) in [5, 5.41) is 7.09. The Morgan fingerprint density at radius 3 is 2.71 bits per heavy atom. The van der Waals surface area contributed by atoms with Crippen LogP contribution < -0.4 is 10.2 Å². The van der Waals surface area contributed by atoms with Crippen molar-refractivity contribution in [3.8, 4) is 0 Å². The molecule has 0 bridgehead atoms. The average Bonchev–Trinajstić information content (AvgIpc) is 3.09. The molecule has 24 heavy (non-hydrogen) atoms. The number of hydrogen-bond acceptors (Lipinski definition) is 5. The van der Waals surface area contributed by atoms with Gasteiger partial charge in [0.2, 0.25) is 5.91 Å². The molecule has 1 aliphatic rings. The highest BCUT2D eigenvalue weighted by atomic mass is 16.2.